The molecule has 0 bridgehead atoms. The van der Waals surface area contributed by atoms with Gasteiger partial charge in [0.2, 0.25) is 15.0 Å². The van der Waals surface area contributed by atoms with E-state index in [4.69, 9.17) is 0 Å². The van der Waals surface area contributed by atoms with Crippen LogP contribution in [0.15, 0.2) is 11.4 Å². The van der Waals surface area contributed by atoms with Crippen molar-refractivity contribution in [2.45, 2.75) is 91.0 Å². The van der Waals surface area contributed by atoms with Crippen LogP contribution in [0.3, 0.4) is 0 Å². The minimum atomic E-state index is -3.34. The molecule has 2 heterocycles. The zero-order valence-electron chi connectivity index (χ0n) is 20.1. The third kappa shape index (κ3) is 7.34. The van der Waals surface area contributed by atoms with Crippen molar-refractivity contribution in [2.24, 2.45) is 11.8 Å². The van der Waals surface area contributed by atoms with E-state index in [1.54, 1.807) is 6.20 Å². The predicted molar refractivity (Wildman–Crippen MR) is 124 cm³/mol. The molecule has 7 heteroatoms. The van der Waals surface area contributed by atoms with Gasteiger partial charge in [-0.05, 0) is 65.0 Å². The van der Waals surface area contributed by atoms with Gasteiger partial charge in [0.15, 0.2) is 0 Å². The molecule has 0 radical (unpaired) electrons. The molecular weight excluding hydrogens is 396 g/mol. The van der Waals surface area contributed by atoms with Crippen LogP contribution in [-0.2, 0) is 22.9 Å². The van der Waals surface area contributed by atoms with E-state index in [1.807, 2.05) is 4.57 Å². The lowest BCUT2D eigenvalue weighted by Gasteiger charge is -2.23. The maximum Gasteiger partial charge on any atom is 0.227 e. The molecule has 0 spiro atoms. The molecule has 1 aliphatic heterocycles. The topological polar surface area (TPSA) is 58.4 Å². The molecule has 1 aromatic heterocycles. The molecule has 0 aliphatic carbocycles. The fourth-order valence-corrected chi connectivity index (χ4v) is 5.84. The first-order valence-electron chi connectivity index (χ1n) is 11.8. The van der Waals surface area contributed by atoms with E-state index in [9.17, 15) is 8.42 Å². The summed E-state index contributed by atoms with van der Waals surface area (Å²) in [6.07, 6.45) is 6.66. The standard InChI is InChI=1S/C23H44N4O2S/c1-7-8-12-27-22(15-24-23(27)30(28,29)14-9-10-19(2)3)18-25(6)16-21-11-13-26(17-21)20(4)5/h15,19-21H,7-14,16-18H2,1-6H3/t21-/m0/s1. The van der Waals surface area contributed by atoms with Crippen LogP contribution in [0.25, 0.3) is 0 Å². The van der Waals surface area contributed by atoms with Crippen molar-refractivity contribution < 1.29 is 8.42 Å². The second-order valence-corrected chi connectivity index (χ2v) is 11.8. The number of sulfone groups is 1. The van der Waals surface area contributed by atoms with Gasteiger partial charge >= 0.3 is 0 Å². The molecule has 1 aliphatic rings. The van der Waals surface area contributed by atoms with Crippen LogP contribution < -0.4 is 0 Å². The first-order chi connectivity index (χ1) is 14.1. The van der Waals surface area contributed by atoms with Crippen LogP contribution >= 0.6 is 0 Å². The van der Waals surface area contributed by atoms with Gasteiger partial charge in [-0.25, -0.2) is 13.4 Å². The van der Waals surface area contributed by atoms with Gasteiger partial charge in [-0.2, -0.15) is 0 Å². The molecule has 1 aromatic rings. The molecular formula is C23H44N4O2S. The number of nitrogens with zero attached hydrogens (tertiary/aromatic N) is 4. The monoisotopic (exact) mass is 440 g/mol. The van der Waals surface area contributed by atoms with E-state index < -0.39 is 9.84 Å². The molecule has 1 saturated heterocycles. The summed E-state index contributed by atoms with van der Waals surface area (Å²) in [5.74, 6) is 1.39. The molecule has 0 amide bonds. The lowest BCUT2D eigenvalue weighted by molar-refractivity contribution is 0.232. The first-order valence-corrected chi connectivity index (χ1v) is 13.5. The van der Waals surface area contributed by atoms with Crippen molar-refractivity contribution >= 4 is 9.84 Å². The third-order valence-electron chi connectivity index (χ3n) is 6.16. The predicted octanol–water partition coefficient (Wildman–Crippen LogP) is 4.06. The Morgan fingerprint density at radius 2 is 1.97 bits per heavy atom. The van der Waals surface area contributed by atoms with Gasteiger partial charge < -0.3 is 14.4 Å². The van der Waals surface area contributed by atoms with Gasteiger partial charge in [0.1, 0.15) is 0 Å². The minimum Gasteiger partial charge on any atom is -0.318 e. The van der Waals surface area contributed by atoms with Crippen molar-refractivity contribution in [3.8, 4) is 0 Å². The number of rotatable bonds is 13. The maximum atomic E-state index is 13.0. The summed E-state index contributed by atoms with van der Waals surface area (Å²) in [4.78, 5) is 9.28. The van der Waals surface area contributed by atoms with Crippen molar-refractivity contribution in [1.29, 1.82) is 0 Å². The van der Waals surface area contributed by atoms with Gasteiger partial charge in [0, 0.05) is 32.2 Å². The fourth-order valence-electron chi connectivity index (χ4n) is 4.36. The molecule has 30 heavy (non-hydrogen) atoms. The first kappa shape index (κ1) is 25.3. The van der Waals surface area contributed by atoms with Gasteiger partial charge in [0.25, 0.3) is 0 Å². The minimum absolute atomic E-state index is 0.191. The quantitative estimate of drug-likeness (QED) is 0.463. The second kappa shape index (κ2) is 11.6. The Morgan fingerprint density at radius 3 is 2.57 bits per heavy atom. The van der Waals surface area contributed by atoms with E-state index in [0.717, 1.165) is 51.1 Å². The molecule has 174 valence electrons. The number of unbranched alkanes of at least 4 members (excludes halogenated alkanes) is 1. The third-order valence-corrected chi connectivity index (χ3v) is 7.87. The van der Waals surface area contributed by atoms with Crippen LogP contribution in [-0.4, -0.2) is 66.2 Å². The van der Waals surface area contributed by atoms with Gasteiger partial charge in [-0.15, -0.1) is 0 Å². The largest absolute Gasteiger partial charge is 0.318 e. The van der Waals surface area contributed by atoms with Crippen molar-refractivity contribution in [1.82, 2.24) is 19.4 Å². The summed E-state index contributed by atoms with van der Waals surface area (Å²) in [6.45, 7) is 15.8. The Balaban J connectivity index is 2.06. The van der Waals surface area contributed by atoms with Gasteiger partial charge in [-0.1, -0.05) is 27.2 Å². The van der Waals surface area contributed by atoms with E-state index >= 15 is 0 Å². The maximum absolute atomic E-state index is 13.0. The Bertz CT molecular complexity index is 742. The summed E-state index contributed by atoms with van der Waals surface area (Å²) in [7, 11) is -1.20. The molecule has 6 nitrogen and oxygen atoms in total. The highest BCUT2D eigenvalue weighted by Gasteiger charge is 2.27. The molecule has 0 N–H and O–H groups in total. The number of likely N-dealkylation sites (tertiary alicyclic amines) is 1. The second-order valence-electron chi connectivity index (χ2n) is 9.83. The van der Waals surface area contributed by atoms with Crippen LogP contribution in [0.2, 0.25) is 0 Å². The molecule has 2 rings (SSSR count). The Kier molecular flexibility index (Phi) is 9.82. The van der Waals surface area contributed by atoms with Gasteiger partial charge in [0.05, 0.1) is 17.6 Å². The number of aromatic nitrogens is 2. The summed E-state index contributed by atoms with van der Waals surface area (Å²) in [6, 6.07) is 0.610. The molecule has 0 saturated carbocycles. The zero-order valence-corrected chi connectivity index (χ0v) is 20.9. The summed E-state index contributed by atoms with van der Waals surface area (Å²) >= 11 is 0. The highest BCUT2D eigenvalue weighted by atomic mass is 32.2. The Morgan fingerprint density at radius 1 is 1.23 bits per heavy atom. The zero-order chi connectivity index (χ0) is 22.3. The van der Waals surface area contributed by atoms with Gasteiger partial charge in [-0.3, -0.25) is 0 Å². The smallest absolute Gasteiger partial charge is 0.227 e. The lowest BCUT2D eigenvalue weighted by atomic mass is 10.1. The fraction of sp³-hybridized carbons (Fsp3) is 0.870. The van der Waals surface area contributed by atoms with Crippen molar-refractivity contribution in [2.75, 3.05) is 32.4 Å². The Hall–Kier alpha value is -0.920. The number of hydrogen-bond donors (Lipinski definition) is 0. The highest BCUT2D eigenvalue weighted by molar-refractivity contribution is 7.91. The normalized spacial score (nSPS) is 18.4. The summed E-state index contributed by atoms with van der Waals surface area (Å²) in [5.41, 5.74) is 1.02. The van der Waals surface area contributed by atoms with Crippen LogP contribution in [0.1, 0.15) is 72.4 Å². The highest BCUT2D eigenvalue weighted by Crippen LogP contribution is 2.21. The summed E-state index contributed by atoms with van der Waals surface area (Å²) < 4.78 is 27.9. The lowest BCUT2D eigenvalue weighted by Crippen LogP contribution is -2.31. The van der Waals surface area contributed by atoms with E-state index in [2.05, 4.69) is 56.5 Å². The van der Waals surface area contributed by atoms with Crippen LogP contribution in [0.5, 0.6) is 0 Å². The van der Waals surface area contributed by atoms with E-state index in [0.29, 0.717) is 24.3 Å². The van der Waals surface area contributed by atoms with Crippen LogP contribution in [0.4, 0.5) is 0 Å². The summed E-state index contributed by atoms with van der Waals surface area (Å²) in [5, 5.41) is 0.273. The molecule has 1 fully saturated rings. The Labute approximate surface area is 185 Å². The SMILES string of the molecule is CCCCn1c(CN(C)C[C@@H]2CCN(C(C)C)C2)cnc1S(=O)(=O)CCCC(C)C. The van der Waals surface area contributed by atoms with E-state index in [-0.39, 0.29) is 10.9 Å². The number of imidazole rings is 1. The molecule has 0 aromatic carbocycles. The number of hydrogen-bond acceptors (Lipinski definition) is 5. The van der Waals surface area contributed by atoms with Crippen molar-refractivity contribution in [3.63, 3.8) is 0 Å². The van der Waals surface area contributed by atoms with E-state index in [1.165, 1.54) is 13.0 Å². The van der Waals surface area contributed by atoms with Crippen LogP contribution in [0, 0.1) is 11.8 Å². The average molecular weight is 441 g/mol. The van der Waals surface area contributed by atoms with Crippen molar-refractivity contribution in [3.05, 3.63) is 11.9 Å². The average Bonchev–Trinajstić information content (AvgIpc) is 3.27. The molecule has 1 atom stereocenters. The molecule has 0 unspecified atom stereocenters.